The number of aryl methyl sites for hydroxylation is 1. The van der Waals surface area contributed by atoms with Gasteiger partial charge in [0, 0.05) is 6.04 Å². The molecule has 1 unspecified atom stereocenters. The highest BCUT2D eigenvalue weighted by Crippen LogP contribution is 2.42. The predicted molar refractivity (Wildman–Crippen MR) is 71.2 cm³/mol. The van der Waals surface area contributed by atoms with E-state index >= 15 is 0 Å². The zero-order valence-corrected chi connectivity index (χ0v) is 12.1. The molecular weight excluding hydrogens is 302 g/mol. The van der Waals surface area contributed by atoms with E-state index in [4.69, 9.17) is 20.3 Å². The molecule has 0 aliphatic carbocycles. The number of ether oxygens (including phenoxy) is 2. The van der Waals surface area contributed by atoms with E-state index in [0.29, 0.717) is 16.0 Å². The third-order valence-corrected chi connectivity index (χ3v) is 3.41. The number of hydrogen-bond donors (Lipinski definition) is 2. The molecule has 1 rings (SSSR count). The lowest BCUT2D eigenvalue weighted by atomic mass is 9.98. The molecule has 0 aliphatic rings. The molecule has 0 bridgehead atoms. The number of benzene rings is 1. The highest BCUT2D eigenvalue weighted by molar-refractivity contribution is 9.10. The molecule has 1 atom stereocenters. The monoisotopic (exact) mass is 317 g/mol. The van der Waals surface area contributed by atoms with E-state index in [-0.39, 0.29) is 6.42 Å². The van der Waals surface area contributed by atoms with Gasteiger partial charge in [-0.15, -0.1) is 0 Å². The first-order valence-corrected chi connectivity index (χ1v) is 6.10. The Labute approximate surface area is 114 Å². The molecule has 1 aromatic carbocycles. The van der Waals surface area contributed by atoms with Crippen LogP contribution in [0.2, 0.25) is 0 Å². The van der Waals surface area contributed by atoms with Gasteiger partial charge in [-0.1, -0.05) is 0 Å². The average molecular weight is 318 g/mol. The standard InChI is InChI=1S/C12H16BrNO4/c1-6-4-8(17-2)12(18-3)11(13)10(6)7(14)5-9(15)16/h4,7H,5,14H2,1-3H3,(H,15,16). The van der Waals surface area contributed by atoms with Gasteiger partial charge >= 0.3 is 5.97 Å². The van der Waals surface area contributed by atoms with Crippen LogP contribution in [0.4, 0.5) is 0 Å². The summed E-state index contributed by atoms with van der Waals surface area (Å²) in [5.74, 6) is 0.149. The van der Waals surface area contributed by atoms with Crippen LogP contribution in [0.3, 0.4) is 0 Å². The van der Waals surface area contributed by atoms with Gasteiger partial charge in [-0.2, -0.15) is 0 Å². The molecule has 0 amide bonds. The molecular formula is C12H16BrNO4. The van der Waals surface area contributed by atoms with Crippen molar-refractivity contribution < 1.29 is 19.4 Å². The topological polar surface area (TPSA) is 81.8 Å². The van der Waals surface area contributed by atoms with Crippen molar-refractivity contribution in [3.8, 4) is 11.5 Å². The van der Waals surface area contributed by atoms with Crippen LogP contribution < -0.4 is 15.2 Å². The van der Waals surface area contributed by atoms with Crippen molar-refractivity contribution >= 4 is 21.9 Å². The number of nitrogens with two attached hydrogens (primary N) is 1. The minimum absolute atomic E-state index is 0.144. The Kier molecular flexibility index (Phi) is 4.98. The maximum atomic E-state index is 10.7. The quantitative estimate of drug-likeness (QED) is 0.870. The first-order valence-electron chi connectivity index (χ1n) is 5.30. The smallest absolute Gasteiger partial charge is 0.305 e. The number of rotatable bonds is 5. The summed E-state index contributed by atoms with van der Waals surface area (Å²) in [5.41, 5.74) is 7.48. The Balaban J connectivity index is 3.31. The van der Waals surface area contributed by atoms with Crippen molar-refractivity contribution in [3.05, 3.63) is 21.7 Å². The summed E-state index contributed by atoms with van der Waals surface area (Å²) in [5, 5.41) is 8.80. The van der Waals surface area contributed by atoms with Gasteiger partial charge in [-0.25, -0.2) is 0 Å². The molecule has 100 valence electrons. The highest BCUT2D eigenvalue weighted by Gasteiger charge is 2.21. The molecule has 18 heavy (non-hydrogen) atoms. The summed E-state index contributed by atoms with van der Waals surface area (Å²) < 4.78 is 11.1. The number of aliphatic carboxylic acids is 1. The molecule has 0 radical (unpaired) electrons. The summed E-state index contributed by atoms with van der Waals surface area (Å²) >= 11 is 3.40. The second kappa shape index (κ2) is 6.06. The van der Waals surface area contributed by atoms with E-state index in [0.717, 1.165) is 11.1 Å². The molecule has 0 saturated heterocycles. The van der Waals surface area contributed by atoms with Crippen molar-refractivity contribution in [3.63, 3.8) is 0 Å². The number of halogens is 1. The molecule has 3 N–H and O–H groups in total. The largest absolute Gasteiger partial charge is 0.493 e. The van der Waals surface area contributed by atoms with Crippen LogP contribution in [0.15, 0.2) is 10.5 Å². The maximum Gasteiger partial charge on any atom is 0.305 e. The normalized spacial score (nSPS) is 12.1. The molecule has 0 aromatic heterocycles. The van der Waals surface area contributed by atoms with Gasteiger partial charge < -0.3 is 20.3 Å². The van der Waals surface area contributed by atoms with Gasteiger partial charge in [0.2, 0.25) is 0 Å². The number of methoxy groups -OCH3 is 2. The minimum atomic E-state index is -0.941. The molecule has 1 aromatic rings. The van der Waals surface area contributed by atoms with E-state index in [1.807, 2.05) is 6.92 Å². The SMILES string of the molecule is COc1cc(C)c(C(N)CC(=O)O)c(Br)c1OC. The summed E-state index contributed by atoms with van der Waals surface area (Å²) in [6, 6.07) is 1.18. The third kappa shape index (κ3) is 2.94. The molecule has 0 saturated carbocycles. The Morgan fingerprint density at radius 1 is 1.50 bits per heavy atom. The Morgan fingerprint density at radius 3 is 2.56 bits per heavy atom. The number of hydrogen-bond acceptors (Lipinski definition) is 4. The summed E-state index contributed by atoms with van der Waals surface area (Å²) in [4.78, 5) is 10.7. The first-order chi connectivity index (χ1) is 8.42. The fourth-order valence-electron chi connectivity index (χ4n) is 1.83. The van der Waals surface area contributed by atoms with Crippen molar-refractivity contribution in [1.82, 2.24) is 0 Å². The van der Waals surface area contributed by atoms with Crippen molar-refractivity contribution in [1.29, 1.82) is 0 Å². The van der Waals surface area contributed by atoms with Crippen LogP contribution in [0.25, 0.3) is 0 Å². The van der Waals surface area contributed by atoms with Crippen LogP contribution in [0.5, 0.6) is 11.5 Å². The van der Waals surface area contributed by atoms with Gasteiger partial charge in [0.15, 0.2) is 11.5 Å². The molecule has 0 spiro atoms. The maximum absolute atomic E-state index is 10.7. The molecule has 0 heterocycles. The second-order valence-corrected chi connectivity index (χ2v) is 4.65. The van der Waals surface area contributed by atoms with Crippen LogP contribution in [0.1, 0.15) is 23.6 Å². The average Bonchev–Trinajstić information content (AvgIpc) is 2.27. The number of carbonyl (C=O) groups is 1. The highest BCUT2D eigenvalue weighted by atomic mass is 79.9. The third-order valence-electron chi connectivity index (χ3n) is 2.62. The lowest BCUT2D eigenvalue weighted by molar-refractivity contribution is -0.137. The van der Waals surface area contributed by atoms with E-state index in [1.165, 1.54) is 7.11 Å². The zero-order chi connectivity index (χ0) is 13.9. The van der Waals surface area contributed by atoms with Crippen LogP contribution >= 0.6 is 15.9 Å². The second-order valence-electron chi connectivity index (χ2n) is 3.86. The molecule has 6 heteroatoms. The van der Waals surface area contributed by atoms with Crippen molar-refractivity contribution in [2.75, 3.05) is 14.2 Å². The van der Waals surface area contributed by atoms with Gasteiger partial charge in [-0.3, -0.25) is 4.79 Å². The van der Waals surface area contributed by atoms with E-state index < -0.39 is 12.0 Å². The zero-order valence-electron chi connectivity index (χ0n) is 10.5. The Morgan fingerprint density at radius 2 is 2.11 bits per heavy atom. The van der Waals surface area contributed by atoms with Crippen molar-refractivity contribution in [2.45, 2.75) is 19.4 Å². The van der Waals surface area contributed by atoms with E-state index in [2.05, 4.69) is 15.9 Å². The fraction of sp³-hybridized carbons (Fsp3) is 0.417. The lowest BCUT2D eigenvalue weighted by Crippen LogP contribution is -2.17. The minimum Gasteiger partial charge on any atom is -0.493 e. The van der Waals surface area contributed by atoms with Gasteiger partial charge in [0.25, 0.3) is 0 Å². The van der Waals surface area contributed by atoms with Crippen LogP contribution in [0, 0.1) is 6.92 Å². The number of carboxylic acid groups (broad SMARTS) is 1. The van der Waals surface area contributed by atoms with Gasteiger partial charge in [-0.05, 0) is 40.0 Å². The van der Waals surface area contributed by atoms with E-state index in [9.17, 15) is 4.79 Å². The molecule has 0 fully saturated rings. The van der Waals surface area contributed by atoms with Gasteiger partial charge in [0.05, 0.1) is 25.1 Å². The van der Waals surface area contributed by atoms with Crippen molar-refractivity contribution in [2.24, 2.45) is 5.73 Å². The van der Waals surface area contributed by atoms with E-state index in [1.54, 1.807) is 13.2 Å². The lowest BCUT2D eigenvalue weighted by Gasteiger charge is -2.19. The fourth-order valence-corrected chi connectivity index (χ4v) is 2.79. The Bertz CT molecular complexity index is 462. The van der Waals surface area contributed by atoms with Crippen LogP contribution in [-0.4, -0.2) is 25.3 Å². The number of carboxylic acids is 1. The summed E-state index contributed by atoms with van der Waals surface area (Å²) in [6.45, 7) is 1.85. The predicted octanol–water partition coefficient (Wildman–Crippen LogP) is 2.25. The molecule has 5 nitrogen and oxygen atoms in total. The summed E-state index contributed by atoms with van der Waals surface area (Å²) in [7, 11) is 3.06. The summed E-state index contributed by atoms with van der Waals surface area (Å²) in [6.07, 6.45) is -0.144. The first kappa shape index (κ1) is 14.8. The van der Waals surface area contributed by atoms with Gasteiger partial charge in [0.1, 0.15) is 0 Å². The Hall–Kier alpha value is -1.27. The molecule has 0 aliphatic heterocycles. The van der Waals surface area contributed by atoms with Crippen LogP contribution in [-0.2, 0) is 4.79 Å².